The first-order chi connectivity index (χ1) is 19.6. The second-order valence-electron chi connectivity index (χ2n) is 12.2. The number of cyclic esters (lactones) is 1. The molecule has 2 heterocycles. The molecule has 1 amide bonds. The molecule has 1 fully saturated rings. The highest BCUT2D eigenvalue weighted by atomic mass is 19.4. The molecule has 0 spiro atoms. The maximum absolute atomic E-state index is 13.7. The van der Waals surface area contributed by atoms with Gasteiger partial charge in [0.25, 0.3) is 0 Å². The summed E-state index contributed by atoms with van der Waals surface area (Å²) in [6.07, 6.45) is -7.51. The van der Waals surface area contributed by atoms with Gasteiger partial charge in [0.05, 0.1) is 24.3 Å². The molecule has 0 aromatic heterocycles. The topological polar surface area (TPSA) is 50.8 Å². The standard InChI is InChI=1S/C31H34F6N2O3/c1-17-27(19-5-6-21(30(32,33)34)13-22(11-19)31(35,36)37)42-28(40)39(17)16-20-15-29(2,3)9-7-23(20)24-14-25-18(8-10-38-25)12-26(24)41-4/h6,11-14,17,27,38H,5,7-10,15-16H2,1-4H3. The number of methoxy groups -OCH3 is 1. The fourth-order valence-corrected chi connectivity index (χ4v) is 6.34. The second kappa shape index (κ2) is 10.7. The first-order valence-electron chi connectivity index (χ1n) is 14.0. The molecule has 2 aliphatic carbocycles. The van der Waals surface area contributed by atoms with Crippen LogP contribution in [0.1, 0.15) is 57.6 Å². The van der Waals surface area contributed by atoms with Gasteiger partial charge in [-0.05, 0) is 91.0 Å². The Hall–Kier alpha value is -3.37. The van der Waals surface area contributed by atoms with E-state index < -0.39 is 48.2 Å². The van der Waals surface area contributed by atoms with E-state index in [4.69, 9.17) is 9.47 Å². The van der Waals surface area contributed by atoms with Crippen LogP contribution < -0.4 is 10.1 Å². The number of anilines is 1. The van der Waals surface area contributed by atoms with Gasteiger partial charge in [0.15, 0.2) is 0 Å². The lowest BCUT2D eigenvalue weighted by atomic mass is 9.72. The summed E-state index contributed by atoms with van der Waals surface area (Å²) in [7, 11) is 1.62. The van der Waals surface area contributed by atoms with Crippen molar-refractivity contribution in [1.29, 1.82) is 0 Å². The van der Waals surface area contributed by atoms with Crippen molar-refractivity contribution in [2.75, 3.05) is 25.5 Å². The summed E-state index contributed by atoms with van der Waals surface area (Å²) < 4.78 is 92.6. The van der Waals surface area contributed by atoms with Crippen molar-refractivity contribution < 1.29 is 40.6 Å². The number of alkyl halides is 6. The van der Waals surface area contributed by atoms with Crippen molar-refractivity contribution in [3.63, 3.8) is 0 Å². The number of ether oxygens (including phenoxy) is 2. The van der Waals surface area contributed by atoms with Crippen molar-refractivity contribution in [1.82, 2.24) is 4.90 Å². The fraction of sp³-hybridized carbons (Fsp3) is 0.516. The molecule has 228 valence electrons. The zero-order chi connectivity index (χ0) is 30.6. The van der Waals surface area contributed by atoms with E-state index in [0.29, 0.717) is 18.6 Å². The first-order valence-corrected chi connectivity index (χ1v) is 14.0. The Balaban J connectivity index is 1.48. The minimum atomic E-state index is -5.01. The molecular weight excluding hydrogens is 562 g/mol. The number of fused-ring (bicyclic) bond motifs is 1. The summed E-state index contributed by atoms with van der Waals surface area (Å²) >= 11 is 0. The molecule has 42 heavy (non-hydrogen) atoms. The van der Waals surface area contributed by atoms with Crippen LogP contribution in [0.5, 0.6) is 5.75 Å². The van der Waals surface area contributed by atoms with E-state index in [1.54, 1.807) is 14.0 Å². The van der Waals surface area contributed by atoms with Crippen molar-refractivity contribution in [3.05, 3.63) is 63.8 Å². The normalized spacial score (nSPS) is 24.4. The smallest absolute Gasteiger partial charge is 0.416 e. The summed E-state index contributed by atoms with van der Waals surface area (Å²) in [4.78, 5) is 14.6. The van der Waals surface area contributed by atoms with Crippen LogP contribution in [-0.2, 0) is 11.2 Å². The number of carbonyl (C=O) groups is 1. The number of benzene rings is 1. The third kappa shape index (κ3) is 5.92. The second-order valence-corrected chi connectivity index (χ2v) is 12.2. The first kappa shape index (κ1) is 30.1. The summed E-state index contributed by atoms with van der Waals surface area (Å²) in [5, 5.41) is 3.39. The van der Waals surface area contributed by atoms with E-state index in [1.807, 2.05) is 6.07 Å². The van der Waals surface area contributed by atoms with Gasteiger partial charge in [-0.25, -0.2) is 4.79 Å². The summed E-state index contributed by atoms with van der Waals surface area (Å²) in [6.45, 7) is 6.96. The molecule has 1 saturated heterocycles. The van der Waals surface area contributed by atoms with Gasteiger partial charge in [-0.1, -0.05) is 19.9 Å². The van der Waals surface area contributed by atoms with Crippen LogP contribution in [0.2, 0.25) is 0 Å². The summed E-state index contributed by atoms with van der Waals surface area (Å²) in [5.74, 6) is 0.738. The van der Waals surface area contributed by atoms with Crippen LogP contribution in [0, 0.1) is 5.41 Å². The number of hydrogen-bond donors (Lipinski definition) is 1. The zero-order valence-corrected chi connectivity index (χ0v) is 23.9. The van der Waals surface area contributed by atoms with Gasteiger partial charge in [0.1, 0.15) is 11.9 Å². The number of allylic oxidation sites excluding steroid dienone is 6. The van der Waals surface area contributed by atoms with E-state index in [9.17, 15) is 31.1 Å². The highest BCUT2D eigenvalue weighted by molar-refractivity contribution is 5.80. The average molecular weight is 597 g/mol. The van der Waals surface area contributed by atoms with Crippen LogP contribution in [0.25, 0.3) is 5.57 Å². The van der Waals surface area contributed by atoms with Crippen LogP contribution in [0.15, 0.2) is 52.7 Å². The van der Waals surface area contributed by atoms with Crippen LogP contribution in [0.3, 0.4) is 0 Å². The quantitative estimate of drug-likeness (QED) is 0.349. The minimum absolute atomic E-state index is 0.0364. The van der Waals surface area contributed by atoms with Crippen LogP contribution in [-0.4, -0.2) is 55.7 Å². The third-order valence-corrected chi connectivity index (χ3v) is 8.61. The minimum Gasteiger partial charge on any atom is -0.496 e. The van der Waals surface area contributed by atoms with E-state index in [-0.39, 0.29) is 23.6 Å². The summed E-state index contributed by atoms with van der Waals surface area (Å²) in [6, 6.07) is 3.40. The van der Waals surface area contributed by atoms with Gasteiger partial charge in [-0.2, -0.15) is 26.3 Å². The maximum atomic E-state index is 13.7. The van der Waals surface area contributed by atoms with E-state index in [1.165, 1.54) is 10.5 Å². The molecule has 2 unspecified atom stereocenters. The molecule has 2 aliphatic heterocycles. The van der Waals surface area contributed by atoms with Gasteiger partial charge in [0.2, 0.25) is 0 Å². The predicted octanol–water partition coefficient (Wildman–Crippen LogP) is 8.14. The monoisotopic (exact) mass is 596 g/mol. The lowest BCUT2D eigenvalue weighted by Gasteiger charge is -2.36. The Morgan fingerprint density at radius 2 is 1.79 bits per heavy atom. The Morgan fingerprint density at radius 3 is 2.45 bits per heavy atom. The molecule has 11 heteroatoms. The van der Waals surface area contributed by atoms with Crippen molar-refractivity contribution >= 4 is 17.4 Å². The molecule has 0 saturated carbocycles. The van der Waals surface area contributed by atoms with Gasteiger partial charge in [-0.3, -0.25) is 4.90 Å². The zero-order valence-electron chi connectivity index (χ0n) is 23.9. The van der Waals surface area contributed by atoms with E-state index >= 15 is 0 Å². The largest absolute Gasteiger partial charge is 0.496 e. The van der Waals surface area contributed by atoms with Crippen molar-refractivity contribution in [3.8, 4) is 5.75 Å². The molecule has 5 nitrogen and oxygen atoms in total. The van der Waals surface area contributed by atoms with Gasteiger partial charge >= 0.3 is 18.4 Å². The summed E-state index contributed by atoms with van der Waals surface area (Å²) in [5.41, 5.74) is 2.29. The fourth-order valence-electron chi connectivity index (χ4n) is 6.34. The number of nitrogens with zero attached hydrogens (tertiary/aromatic N) is 1. The third-order valence-electron chi connectivity index (χ3n) is 8.61. The molecule has 5 rings (SSSR count). The molecule has 1 aromatic carbocycles. The van der Waals surface area contributed by atoms with Crippen molar-refractivity contribution in [2.45, 2.75) is 77.4 Å². The number of amides is 1. The molecule has 4 aliphatic rings. The van der Waals surface area contributed by atoms with Gasteiger partial charge < -0.3 is 14.8 Å². The molecule has 0 radical (unpaired) electrons. The van der Waals surface area contributed by atoms with Crippen LogP contribution >= 0.6 is 0 Å². The van der Waals surface area contributed by atoms with Crippen LogP contribution in [0.4, 0.5) is 36.8 Å². The lowest BCUT2D eigenvalue weighted by molar-refractivity contribution is -0.0933. The molecule has 2 atom stereocenters. The van der Waals surface area contributed by atoms with Crippen molar-refractivity contribution in [2.24, 2.45) is 5.41 Å². The molecule has 0 bridgehead atoms. The Kier molecular flexibility index (Phi) is 7.68. The highest BCUT2D eigenvalue weighted by Crippen LogP contribution is 2.47. The number of hydrogen-bond acceptors (Lipinski definition) is 4. The number of nitrogens with one attached hydrogen (secondary N) is 1. The SMILES string of the molecule is COc1cc2c(cc1C1=C(CN3C(=O)OC(C4=CC(C(F)(F)F)=CC(C(F)(F)F)=CC4)C3C)CC(C)(C)CC1)NCC2. The lowest BCUT2D eigenvalue weighted by Crippen LogP contribution is -2.37. The van der Waals surface area contributed by atoms with E-state index in [0.717, 1.165) is 54.0 Å². The number of rotatable bonds is 5. The Labute approximate surface area is 240 Å². The molecular formula is C31H34F6N2O3. The maximum Gasteiger partial charge on any atom is 0.416 e. The van der Waals surface area contributed by atoms with Gasteiger partial charge in [-0.15, -0.1) is 0 Å². The molecule has 1 aromatic rings. The Bertz CT molecular complexity index is 1400. The Morgan fingerprint density at radius 1 is 1.07 bits per heavy atom. The number of carbonyl (C=O) groups excluding carboxylic acids is 1. The highest BCUT2D eigenvalue weighted by Gasteiger charge is 2.45. The van der Waals surface area contributed by atoms with Gasteiger partial charge in [0, 0.05) is 24.3 Å². The average Bonchev–Trinajstić information content (AvgIpc) is 3.35. The molecule has 1 N–H and O–H groups in total. The number of halogens is 6. The van der Waals surface area contributed by atoms with E-state index in [2.05, 4.69) is 25.2 Å². The predicted molar refractivity (Wildman–Crippen MR) is 147 cm³/mol.